The molecule has 302 valence electrons. The van der Waals surface area contributed by atoms with Crippen molar-refractivity contribution in [2.45, 2.75) is 117 Å². The molecule has 0 saturated heterocycles. The van der Waals surface area contributed by atoms with Crippen LogP contribution >= 0.6 is 0 Å². The molecule has 3 aliphatic rings. The molecule has 0 radical (unpaired) electrons. The second kappa shape index (κ2) is 17.2. The van der Waals surface area contributed by atoms with Crippen LogP contribution in [0.3, 0.4) is 0 Å². The lowest BCUT2D eigenvalue weighted by atomic mass is 9.85. The largest absolute Gasteiger partial charge is 0.483 e. The lowest BCUT2D eigenvalue weighted by Gasteiger charge is -2.43. The molecule has 3 atom stereocenters. The van der Waals surface area contributed by atoms with E-state index in [9.17, 15) is 19.5 Å². The fourth-order valence-electron chi connectivity index (χ4n) is 8.63. The van der Waals surface area contributed by atoms with E-state index in [1.165, 1.54) is 16.7 Å². The first kappa shape index (κ1) is 40.7. The first-order valence-corrected chi connectivity index (χ1v) is 20.5. The van der Waals surface area contributed by atoms with Crippen LogP contribution in [0.5, 0.6) is 5.75 Å². The molecule has 1 N–H and O–H groups in total. The highest BCUT2D eigenvalue weighted by Gasteiger charge is 2.50. The summed E-state index contributed by atoms with van der Waals surface area (Å²) in [5.41, 5.74) is 6.76. The van der Waals surface area contributed by atoms with Gasteiger partial charge in [-0.25, -0.2) is 9.59 Å². The molecule has 1 aromatic heterocycles. The van der Waals surface area contributed by atoms with Gasteiger partial charge in [0.15, 0.2) is 12.2 Å². The number of fused-ring (bicyclic) bond motifs is 13. The van der Waals surface area contributed by atoms with Gasteiger partial charge in [-0.05, 0) is 124 Å². The Labute approximate surface area is 340 Å². The van der Waals surface area contributed by atoms with E-state index in [1.54, 1.807) is 26.0 Å². The molecule has 0 unspecified atom stereocenters. The SMILES string of the molecule is CC(C)=C1CCc2ccc(cc2)C[C@@H](CCc2cccc(Cc3ccccc3)c2)CC(=O)O[C@H]2c3c(ccc4c(CO)c(C(C)C)c(=O)oc34)OC(C)(C)[C@H]2OC1=O. The first-order chi connectivity index (χ1) is 27.8. The average molecular weight is 783 g/mol. The maximum Gasteiger partial charge on any atom is 0.340 e. The molecular weight excluding hydrogens is 729 g/mol. The van der Waals surface area contributed by atoms with Crippen molar-refractivity contribution in [1.29, 1.82) is 0 Å². The Morgan fingerprint density at radius 3 is 2.22 bits per heavy atom. The Morgan fingerprint density at radius 1 is 0.810 bits per heavy atom. The highest BCUT2D eigenvalue weighted by atomic mass is 16.6. The molecule has 58 heavy (non-hydrogen) atoms. The van der Waals surface area contributed by atoms with E-state index in [0.717, 1.165) is 36.0 Å². The summed E-state index contributed by atoms with van der Waals surface area (Å²) in [5.74, 6) is -0.943. The number of rotatable bonds is 7. The monoisotopic (exact) mass is 782 g/mol. The minimum absolute atomic E-state index is 0.0744. The van der Waals surface area contributed by atoms with Gasteiger partial charge in [0.2, 0.25) is 0 Å². The van der Waals surface area contributed by atoms with E-state index in [0.29, 0.717) is 52.7 Å². The zero-order chi connectivity index (χ0) is 41.1. The molecule has 8 heteroatoms. The van der Waals surface area contributed by atoms with E-state index in [1.807, 2.05) is 33.8 Å². The number of benzene rings is 4. The van der Waals surface area contributed by atoms with Gasteiger partial charge in [0.25, 0.3) is 0 Å². The van der Waals surface area contributed by atoms with Crippen molar-refractivity contribution in [2.24, 2.45) is 5.92 Å². The molecule has 5 aromatic rings. The average Bonchev–Trinajstić information content (AvgIpc) is 3.18. The number of aliphatic hydroxyl groups is 1. The van der Waals surface area contributed by atoms with Crippen LogP contribution in [0.15, 0.2) is 111 Å². The minimum atomic E-state index is -1.18. The number of hydrogen-bond donors (Lipinski definition) is 1. The van der Waals surface area contributed by atoms with Crippen LogP contribution in [0.25, 0.3) is 11.0 Å². The third-order valence-corrected chi connectivity index (χ3v) is 11.7. The van der Waals surface area contributed by atoms with Gasteiger partial charge in [-0.15, -0.1) is 0 Å². The molecule has 4 heterocycles. The summed E-state index contributed by atoms with van der Waals surface area (Å²) in [5, 5.41) is 11.1. The van der Waals surface area contributed by atoms with Crippen LogP contribution in [0.1, 0.15) is 117 Å². The summed E-state index contributed by atoms with van der Waals surface area (Å²) < 4.78 is 25.5. The van der Waals surface area contributed by atoms with Crippen molar-refractivity contribution in [3.05, 3.63) is 157 Å². The Hall–Kier alpha value is -5.47. The molecule has 0 amide bonds. The van der Waals surface area contributed by atoms with Crippen LogP contribution in [0, 0.1) is 5.92 Å². The van der Waals surface area contributed by atoms with E-state index < -0.39 is 42.0 Å². The van der Waals surface area contributed by atoms with Crippen molar-refractivity contribution >= 4 is 22.9 Å². The van der Waals surface area contributed by atoms with E-state index in [-0.39, 0.29) is 23.8 Å². The summed E-state index contributed by atoms with van der Waals surface area (Å²) in [6.07, 6.45) is 1.93. The molecule has 0 fully saturated rings. The van der Waals surface area contributed by atoms with Gasteiger partial charge in [0.05, 0.1) is 12.2 Å². The highest BCUT2D eigenvalue weighted by Crippen LogP contribution is 2.48. The van der Waals surface area contributed by atoms with Crippen LogP contribution in [-0.4, -0.2) is 28.8 Å². The van der Waals surface area contributed by atoms with Gasteiger partial charge in [0.1, 0.15) is 16.9 Å². The first-order valence-electron chi connectivity index (χ1n) is 20.5. The summed E-state index contributed by atoms with van der Waals surface area (Å²) in [6.45, 7) is 10.7. The number of allylic oxidation sites excluding steroid dienone is 1. The molecule has 0 spiro atoms. The van der Waals surface area contributed by atoms with E-state index >= 15 is 0 Å². The fraction of sp³-hybridized carbons (Fsp3) is 0.380. The lowest BCUT2D eigenvalue weighted by Crippen LogP contribution is -2.52. The second-order valence-corrected chi connectivity index (χ2v) is 17.0. The summed E-state index contributed by atoms with van der Waals surface area (Å²) in [7, 11) is 0. The summed E-state index contributed by atoms with van der Waals surface area (Å²) in [6, 6.07) is 31.0. The van der Waals surface area contributed by atoms with Crippen LogP contribution in [0.2, 0.25) is 0 Å². The molecule has 0 saturated carbocycles. The maximum atomic E-state index is 14.5. The third-order valence-electron chi connectivity index (χ3n) is 11.7. The highest BCUT2D eigenvalue weighted by molar-refractivity contribution is 5.90. The minimum Gasteiger partial charge on any atom is -0.483 e. The normalized spacial score (nSPS) is 19.6. The van der Waals surface area contributed by atoms with Crippen molar-refractivity contribution in [3.8, 4) is 5.75 Å². The van der Waals surface area contributed by atoms with Gasteiger partial charge in [-0.3, -0.25) is 4.79 Å². The quantitative estimate of drug-likeness (QED) is 0.0987. The molecule has 8 rings (SSSR count). The molecular formula is C50H54O8. The Morgan fingerprint density at radius 2 is 1.52 bits per heavy atom. The van der Waals surface area contributed by atoms with Crippen LogP contribution in [0.4, 0.5) is 0 Å². The van der Waals surface area contributed by atoms with E-state index in [2.05, 4.69) is 72.8 Å². The van der Waals surface area contributed by atoms with Gasteiger partial charge in [0, 0.05) is 22.9 Å². The number of hydrogen-bond acceptors (Lipinski definition) is 8. The topological polar surface area (TPSA) is 112 Å². The number of aryl methyl sites for hydroxylation is 2. The summed E-state index contributed by atoms with van der Waals surface area (Å²) >= 11 is 0. The zero-order valence-electron chi connectivity index (χ0n) is 34.4. The standard InChI is InChI=1S/C50H54O8/c1-30(2)38-22-21-32-15-17-35(18-16-32)27-37(20-19-34-13-10-14-36(26-34)25-33-11-8-7-9-12-33)28-42(52)55-46-44-41(58-50(5,6)47(46)57-48(38)53)24-23-39-40(29-51)43(31(3)4)49(54)56-45(39)44/h7-18,23-24,26,31,37,46-47,51H,19-22,25,27-29H2,1-6H3/t37-,46+,47+/m1/s1. The maximum absolute atomic E-state index is 14.5. The van der Waals surface area contributed by atoms with Crippen molar-refractivity contribution in [2.75, 3.05) is 0 Å². The Balaban J connectivity index is 1.28. The molecule has 4 aromatic carbocycles. The van der Waals surface area contributed by atoms with Crippen LogP contribution < -0.4 is 10.4 Å². The molecule has 2 bridgehead atoms. The van der Waals surface area contributed by atoms with Gasteiger partial charge < -0.3 is 23.7 Å². The van der Waals surface area contributed by atoms with Crippen molar-refractivity contribution < 1.29 is 33.3 Å². The number of ether oxygens (including phenoxy) is 3. The fourth-order valence-corrected chi connectivity index (χ4v) is 8.63. The van der Waals surface area contributed by atoms with Crippen LogP contribution in [-0.2, 0) is 51.4 Å². The number of esters is 2. The summed E-state index contributed by atoms with van der Waals surface area (Å²) in [4.78, 5) is 42.2. The molecule has 8 nitrogen and oxygen atoms in total. The number of aliphatic hydroxyl groups excluding tert-OH is 1. The lowest BCUT2D eigenvalue weighted by molar-refractivity contribution is -0.188. The molecule has 0 aliphatic carbocycles. The Bertz CT molecular complexity index is 2380. The smallest absolute Gasteiger partial charge is 0.340 e. The van der Waals surface area contributed by atoms with Gasteiger partial charge in [-0.2, -0.15) is 0 Å². The molecule has 3 aliphatic heterocycles. The van der Waals surface area contributed by atoms with Crippen molar-refractivity contribution in [1.82, 2.24) is 0 Å². The second-order valence-electron chi connectivity index (χ2n) is 17.0. The Kier molecular flexibility index (Phi) is 12.1. The predicted octanol–water partition coefficient (Wildman–Crippen LogP) is 9.83. The van der Waals surface area contributed by atoms with Gasteiger partial charge >= 0.3 is 17.6 Å². The zero-order valence-corrected chi connectivity index (χ0v) is 34.4. The van der Waals surface area contributed by atoms with Gasteiger partial charge in [-0.1, -0.05) is 98.3 Å². The predicted molar refractivity (Wildman–Crippen MR) is 225 cm³/mol. The van der Waals surface area contributed by atoms with Crippen molar-refractivity contribution in [3.63, 3.8) is 0 Å². The number of carbonyl (C=O) groups is 2. The number of carbonyl (C=O) groups excluding carboxylic acids is 2. The van der Waals surface area contributed by atoms with E-state index in [4.69, 9.17) is 18.6 Å². The third kappa shape index (κ3) is 8.82.